The Hall–Kier alpha value is -0.220. The van der Waals surface area contributed by atoms with Gasteiger partial charge in [-0.2, -0.15) is 0 Å². The summed E-state index contributed by atoms with van der Waals surface area (Å²) in [6, 6.07) is 0. The number of likely N-dealkylation sites (tertiary alicyclic amines) is 1. The molecule has 18 heavy (non-hydrogen) atoms. The van der Waals surface area contributed by atoms with E-state index in [9.17, 15) is 4.79 Å². The molecule has 0 N–H and O–H groups in total. The van der Waals surface area contributed by atoms with Crippen LogP contribution in [0.4, 0.5) is 0 Å². The standard InChI is InChI=1S/C14H26N2OS/c1-11(2)8-16-6-7-18-14(16)9-15(10-14)12(17)13(3,4)5/h11H,6-10H2,1-5H3. The molecular formula is C14H26N2OS. The van der Waals surface area contributed by atoms with E-state index in [1.54, 1.807) is 0 Å². The molecule has 0 atom stereocenters. The van der Waals surface area contributed by atoms with Crippen LogP contribution in [0.25, 0.3) is 0 Å². The van der Waals surface area contributed by atoms with E-state index in [0.717, 1.165) is 19.6 Å². The molecule has 2 aliphatic rings. The highest BCUT2D eigenvalue weighted by molar-refractivity contribution is 8.01. The predicted octanol–water partition coefficient (Wildman–Crippen LogP) is 2.28. The first-order chi connectivity index (χ1) is 8.24. The monoisotopic (exact) mass is 270 g/mol. The predicted molar refractivity (Wildman–Crippen MR) is 77.6 cm³/mol. The minimum atomic E-state index is -0.242. The second-order valence-corrected chi connectivity index (χ2v) is 8.50. The van der Waals surface area contributed by atoms with E-state index in [4.69, 9.17) is 0 Å². The van der Waals surface area contributed by atoms with Gasteiger partial charge in [-0.15, -0.1) is 11.8 Å². The summed E-state index contributed by atoms with van der Waals surface area (Å²) in [4.78, 5) is 17.1. The summed E-state index contributed by atoms with van der Waals surface area (Å²) in [5, 5.41) is 0. The van der Waals surface area contributed by atoms with Gasteiger partial charge in [-0.25, -0.2) is 0 Å². The number of rotatable bonds is 2. The Kier molecular flexibility index (Phi) is 3.72. The maximum absolute atomic E-state index is 12.2. The maximum Gasteiger partial charge on any atom is 0.228 e. The Morgan fingerprint density at radius 1 is 1.33 bits per heavy atom. The smallest absolute Gasteiger partial charge is 0.228 e. The summed E-state index contributed by atoms with van der Waals surface area (Å²) in [5.74, 6) is 2.21. The van der Waals surface area contributed by atoms with Crippen LogP contribution >= 0.6 is 11.8 Å². The quantitative estimate of drug-likeness (QED) is 0.769. The van der Waals surface area contributed by atoms with Crippen molar-refractivity contribution in [3.05, 3.63) is 0 Å². The van der Waals surface area contributed by atoms with Crippen LogP contribution in [0.2, 0.25) is 0 Å². The van der Waals surface area contributed by atoms with Crippen molar-refractivity contribution >= 4 is 17.7 Å². The fourth-order valence-corrected chi connectivity index (χ4v) is 4.33. The van der Waals surface area contributed by atoms with Crippen LogP contribution in [0.15, 0.2) is 0 Å². The van der Waals surface area contributed by atoms with Crippen molar-refractivity contribution in [2.75, 3.05) is 31.9 Å². The molecule has 2 heterocycles. The Morgan fingerprint density at radius 3 is 2.44 bits per heavy atom. The van der Waals surface area contributed by atoms with E-state index in [2.05, 4.69) is 18.7 Å². The molecule has 0 aromatic heterocycles. The Balaban J connectivity index is 1.96. The number of carbonyl (C=O) groups is 1. The zero-order valence-corrected chi connectivity index (χ0v) is 13.1. The van der Waals surface area contributed by atoms with Crippen molar-refractivity contribution in [1.82, 2.24) is 9.80 Å². The second kappa shape index (κ2) is 4.71. The van der Waals surface area contributed by atoms with E-state index in [1.807, 2.05) is 37.4 Å². The van der Waals surface area contributed by atoms with Crippen LogP contribution < -0.4 is 0 Å². The number of hydrogen-bond donors (Lipinski definition) is 0. The zero-order valence-electron chi connectivity index (χ0n) is 12.3. The van der Waals surface area contributed by atoms with E-state index in [-0.39, 0.29) is 10.3 Å². The van der Waals surface area contributed by atoms with Crippen molar-refractivity contribution in [3.63, 3.8) is 0 Å². The van der Waals surface area contributed by atoms with Gasteiger partial charge in [-0.1, -0.05) is 34.6 Å². The molecule has 2 rings (SSSR count). The third-order valence-corrected chi connectivity index (χ3v) is 5.14. The molecule has 0 aromatic rings. The average Bonchev–Trinajstić information content (AvgIpc) is 2.55. The molecule has 0 aliphatic carbocycles. The molecule has 2 aliphatic heterocycles. The molecule has 3 nitrogen and oxygen atoms in total. The van der Waals surface area contributed by atoms with Gasteiger partial charge in [0.05, 0.1) is 13.1 Å². The topological polar surface area (TPSA) is 23.6 Å². The van der Waals surface area contributed by atoms with Crippen molar-refractivity contribution in [2.45, 2.75) is 39.5 Å². The first-order valence-electron chi connectivity index (χ1n) is 6.93. The largest absolute Gasteiger partial charge is 0.337 e. The number of carbonyl (C=O) groups excluding carboxylic acids is 1. The Labute approximate surface area is 115 Å². The number of amides is 1. The van der Waals surface area contributed by atoms with E-state index in [0.29, 0.717) is 11.8 Å². The Bertz CT molecular complexity index is 329. The summed E-state index contributed by atoms with van der Waals surface area (Å²) >= 11 is 2.05. The molecule has 4 heteroatoms. The van der Waals surface area contributed by atoms with E-state index >= 15 is 0 Å². The molecule has 0 aromatic carbocycles. The third-order valence-electron chi connectivity index (χ3n) is 3.70. The van der Waals surface area contributed by atoms with Gasteiger partial charge in [0.2, 0.25) is 5.91 Å². The van der Waals surface area contributed by atoms with Crippen LogP contribution in [0.3, 0.4) is 0 Å². The highest BCUT2D eigenvalue weighted by Gasteiger charge is 2.53. The lowest BCUT2D eigenvalue weighted by Crippen LogP contribution is -2.69. The van der Waals surface area contributed by atoms with Crippen molar-refractivity contribution in [1.29, 1.82) is 0 Å². The molecule has 2 saturated heterocycles. The summed E-state index contributed by atoms with van der Waals surface area (Å²) in [6.07, 6.45) is 0. The van der Waals surface area contributed by atoms with Crippen LogP contribution in [-0.2, 0) is 4.79 Å². The SMILES string of the molecule is CC(C)CN1CCSC12CN(C(=O)C(C)(C)C)C2. The number of hydrogen-bond acceptors (Lipinski definition) is 3. The van der Waals surface area contributed by atoms with Gasteiger partial charge in [0.25, 0.3) is 0 Å². The van der Waals surface area contributed by atoms with Crippen LogP contribution in [-0.4, -0.2) is 52.5 Å². The summed E-state index contributed by atoms with van der Waals surface area (Å²) in [5.41, 5.74) is -0.242. The molecule has 0 radical (unpaired) electrons. The van der Waals surface area contributed by atoms with Crippen molar-refractivity contribution in [3.8, 4) is 0 Å². The highest BCUT2D eigenvalue weighted by Crippen LogP contribution is 2.44. The summed E-state index contributed by atoms with van der Waals surface area (Å²) in [7, 11) is 0. The molecule has 1 spiro atoms. The fourth-order valence-electron chi connectivity index (χ4n) is 2.80. The summed E-state index contributed by atoms with van der Waals surface area (Å²) < 4.78 is 0. The molecule has 2 fully saturated rings. The zero-order chi connectivity index (χ0) is 13.6. The van der Waals surface area contributed by atoms with Crippen LogP contribution in [0, 0.1) is 11.3 Å². The third kappa shape index (κ3) is 2.55. The van der Waals surface area contributed by atoms with Crippen LogP contribution in [0.1, 0.15) is 34.6 Å². The first kappa shape index (κ1) is 14.2. The average molecular weight is 270 g/mol. The van der Waals surface area contributed by atoms with Gasteiger partial charge >= 0.3 is 0 Å². The molecular weight excluding hydrogens is 244 g/mol. The van der Waals surface area contributed by atoms with E-state index in [1.165, 1.54) is 12.3 Å². The maximum atomic E-state index is 12.2. The molecule has 0 saturated carbocycles. The highest BCUT2D eigenvalue weighted by atomic mass is 32.2. The fraction of sp³-hybridized carbons (Fsp3) is 0.929. The number of thioether (sulfide) groups is 1. The molecule has 0 bridgehead atoms. The normalized spacial score (nSPS) is 23.8. The van der Waals surface area contributed by atoms with Gasteiger partial charge in [0.15, 0.2) is 0 Å². The minimum Gasteiger partial charge on any atom is -0.337 e. The van der Waals surface area contributed by atoms with Crippen LogP contribution in [0.5, 0.6) is 0 Å². The summed E-state index contributed by atoms with van der Waals surface area (Å²) in [6.45, 7) is 14.7. The Morgan fingerprint density at radius 2 is 1.94 bits per heavy atom. The van der Waals surface area contributed by atoms with Gasteiger partial charge in [-0.05, 0) is 5.92 Å². The minimum absolute atomic E-state index is 0.241. The van der Waals surface area contributed by atoms with E-state index < -0.39 is 0 Å². The first-order valence-corrected chi connectivity index (χ1v) is 7.91. The van der Waals surface area contributed by atoms with Gasteiger partial charge in [0, 0.05) is 24.3 Å². The van der Waals surface area contributed by atoms with Gasteiger partial charge in [-0.3, -0.25) is 9.69 Å². The van der Waals surface area contributed by atoms with Crippen molar-refractivity contribution in [2.24, 2.45) is 11.3 Å². The van der Waals surface area contributed by atoms with Gasteiger partial charge < -0.3 is 4.90 Å². The lowest BCUT2D eigenvalue weighted by Gasteiger charge is -2.53. The molecule has 0 unspecified atom stereocenters. The lowest BCUT2D eigenvalue weighted by atomic mass is 9.91. The molecule has 1 amide bonds. The number of nitrogens with zero attached hydrogens (tertiary/aromatic N) is 2. The van der Waals surface area contributed by atoms with Gasteiger partial charge in [0.1, 0.15) is 4.87 Å². The lowest BCUT2D eigenvalue weighted by molar-refractivity contribution is -0.148. The second-order valence-electron chi connectivity index (χ2n) is 7.05. The van der Waals surface area contributed by atoms with Crippen molar-refractivity contribution < 1.29 is 4.79 Å². The molecule has 104 valence electrons.